The van der Waals surface area contributed by atoms with Gasteiger partial charge < -0.3 is 10.2 Å². The number of likely N-dealkylation sites (tertiary alicyclic amines) is 1. The number of hydrogen-bond acceptors (Lipinski definition) is 2. The van der Waals surface area contributed by atoms with Crippen LogP contribution in [-0.2, 0) is 6.54 Å². The van der Waals surface area contributed by atoms with Crippen molar-refractivity contribution < 1.29 is 4.79 Å². The first-order valence-corrected chi connectivity index (χ1v) is 5.84. The largest absolute Gasteiger partial charge is 0.339 e. The standard InChI is InChI=1S/C13H18N2O/c1-14-10-11-4-6-12(7-5-11)13(16)15-8-2-3-9-15/h4-7,14H,2-3,8-10H2,1H3. The van der Waals surface area contributed by atoms with Gasteiger partial charge in [-0.1, -0.05) is 12.1 Å². The highest BCUT2D eigenvalue weighted by Gasteiger charge is 2.18. The highest BCUT2D eigenvalue weighted by Crippen LogP contribution is 2.13. The summed E-state index contributed by atoms with van der Waals surface area (Å²) in [7, 11) is 1.92. The Morgan fingerprint density at radius 1 is 1.25 bits per heavy atom. The van der Waals surface area contributed by atoms with Crippen molar-refractivity contribution in [2.75, 3.05) is 20.1 Å². The van der Waals surface area contributed by atoms with Gasteiger partial charge in [0.25, 0.3) is 5.91 Å². The van der Waals surface area contributed by atoms with Crippen LogP contribution in [0.1, 0.15) is 28.8 Å². The molecule has 1 N–H and O–H groups in total. The van der Waals surface area contributed by atoms with E-state index < -0.39 is 0 Å². The predicted molar refractivity (Wildman–Crippen MR) is 64.3 cm³/mol. The first-order chi connectivity index (χ1) is 7.81. The Morgan fingerprint density at radius 2 is 1.88 bits per heavy atom. The van der Waals surface area contributed by atoms with Gasteiger partial charge in [-0.15, -0.1) is 0 Å². The number of carbonyl (C=O) groups excluding carboxylic acids is 1. The molecule has 0 spiro atoms. The van der Waals surface area contributed by atoms with E-state index in [4.69, 9.17) is 0 Å². The molecule has 0 aromatic heterocycles. The van der Waals surface area contributed by atoms with Gasteiger partial charge in [0.2, 0.25) is 0 Å². The van der Waals surface area contributed by atoms with Crippen LogP contribution in [0.25, 0.3) is 0 Å². The summed E-state index contributed by atoms with van der Waals surface area (Å²) in [6.07, 6.45) is 2.28. The fourth-order valence-electron chi connectivity index (χ4n) is 2.07. The molecule has 1 heterocycles. The van der Waals surface area contributed by atoms with Gasteiger partial charge in [0.1, 0.15) is 0 Å². The van der Waals surface area contributed by atoms with Crippen LogP contribution in [-0.4, -0.2) is 30.9 Å². The summed E-state index contributed by atoms with van der Waals surface area (Å²) in [5.74, 6) is 0.175. The molecule has 1 aromatic carbocycles. The van der Waals surface area contributed by atoms with Crippen molar-refractivity contribution >= 4 is 5.91 Å². The van der Waals surface area contributed by atoms with Crippen LogP contribution in [0.3, 0.4) is 0 Å². The highest BCUT2D eigenvalue weighted by molar-refractivity contribution is 5.94. The van der Waals surface area contributed by atoms with Gasteiger partial charge in [-0.2, -0.15) is 0 Å². The van der Waals surface area contributed by atoms with E-state index in [9.17, 15) is 4.79 Å². The van der Waals surface area contributed by atoms with Crippen molar-refractivity contribution in [2.24, 2.45) is 0 Å². The lowest BCUT2D eigenvalue weighted by Gasteiger charge is -2.15. The van der Waals surface area contributed by atoms with E-state index in [1.54, 1.807) is 0 Å². The number of nitrogens with zero attached hydrogens (tertiary/aromatic N) is 1. The van der Waals surface area contributed by atoms with E-state index in [1.165, 1.54) is 5.56 Å². The number of benzene rings is 1. The SMILES string of the molecule is CNCc1ccc(C(=O)N2CCCC2)cc1. The van der Waals surface area contributed by atoms with Crippen molar-refractivity contribution in [3.05, 3.63) is 35.4 Å². The maximum absolute atomic E-state index is 12.0. The smallest absolute Gasteiger partial charge is 0.253 e. The van der Waals surface area contributed by atoms with Gasteiger partial charge in [-0.3, -0.25) is 4.79 Å². The van der Waals surface area contributed by atoms with E-state index in [-0.39, 0.29) is 5.91 Å². The lowest BCUT2D eigenvalue weighted by Crippen LogP contribution is -2.27. The molecule has 0 saturated carbocycles. The lowest BCUT2D eigenvalue weighted by atomic mass is 10.1. The third kappa shape index (κ3) is 2.42. The second kappa shape index (κ2) is 5.12. The maximum Gasteiger partial charge on any atom is 0.253 e. The molecule has 1 saturated heterocycles. The number of amides is 1. The lowest BCUT2D eigenvalue weighted by molar-refractivity contribution is 0.0793. The summed E-state index contributed by atoms with van der Waals surface area (Å²) in [6, 6.07) is 7.88. The molecular formula is C13H18N2O. The second-order valence-electron chi connectivity index (χ2n) is 4.23. The zero-order valence-corrected chi connectivity index (χ0v) is 9.70. The fourth-order valence-corrected chi connectivity index (χ4v) is 2.07. The van der Waals surface area contributed by atoms with Gasteiger partial charge >= 0.3 is 0 Å². The highest BCUT2D eigenvalue weighted by atomic mass is 16.2. The van der Waals surface area contributed by atoms with Gasteiger partial charge in [0.05, 0.1) is 0 Å². The third-order valence-corrected chi connectivity index (χ3v) is 2.98. The molecule has 0 unspecified atom stereocenters. The molecule has 1 fully saturated rings. The van der Waals surface area contributed by atoms with Crippen molar-refractivity contribution in [1.29, 1.82) is 0 Å². The van der Waals surface area contributed by atoms with Crippen LogP contribution < -0.4 is 5.32 Å². The molecule has 0 aliphatic carbocycles. The van der Waals surface area contributed by atoms with Gasteiger partial charge in [-0.25, -0.2) is 0 Å². The number of hydrogen-bond donors (Lipinski definition) is 1. The number of rotatable bonds is 3. The molecule has 1 amide bonds. The number of nitrogens with one attached hydrogen (secondary N) is 1. The molecule has 1 aliphatic rings. The first-order valence-electron chi connectivity index (χ1n) is 5.84. The third-order valence-electron chi connectivity index (χ3n) is 2.98. The molecule has 3 nitrogen and oxygen atoms in total. The summed E-state index contributed by atoms with van der Waals surface area (Å²) in [4.78, 5) is 14.0. The minimum atomic E-state index is 0.175. The van der Waals surface area contributed by atoms with Gasteiger partial charge in [0.15, 0.2) is 0 Å². The van der Waals surface area contributed by atoms with Crippen molar-refractivity contribution in [1.82, 2.24) is 10.2 Å². The van der Waals surface area contributed by atoms with E-state index in [1.807, 2.05) is 36.2 Å². The van der Waals surface area contributed by atoms with Gasteiger partial charge in [0, 0.05) is 25.2 Å². The predicted octanol–water partition coefficient (Wildman–Crippen LogP) is 1.64. The summed E-state index contributed by atoms with van der Waals surface area (Å²) in [5.41, 5.74) is 2.02. The average Bonchev–Trinajstić information content (AvgIpc) is 2.83. The molecule has 0 radical (unpaired) electrons. The Morgan fingerprint density at radius 3 is 2.44 bits per heavy atom. The van der Waals surface area contributed by atoms with Crippen molar-refractivity contribution in [3.8, 4) is 0 Å². The van der Waals surface area contributed by atoms with E-state index in [2.05, 4.69) is 5.32 Å². The average molecular weight is 218 g/mol. The van der Waals surface area contributed by atoms with Gasteiger partial charge in [-0.05, 0) is 37.6 Å². The Kier molecular flexibility index (Phi) is 3.57. The Bertz CT molecular complexity index is 353. The molecule has 16 heavy (non-hydrogen) atoms. The molecule has 0 atom stereocenters. The van der Waals surface area contributed by atoms with Crippen LogP contribution in [0.5, 0.6) is 0 Å². The molecule has 0 bridgehead atoms. The first kappa shape index (κ1) is 11.1. The zero-order chi connectivity index (χ0) is 11.4. The van der Waals surface area contributed by atoms with E-state index in [0.717, 1.165) is 38.0 Å². The van der Waals surface area contributed by atoms with Crippen LogP contribution in [0.4, 0.5) is 0 Å². The fraction of sp³-hybridized carbons (Fsp3) is 0.462. The summed E-state index contributed by atoms with van der Waals surface area (Å²) >= 11 is 0. The Hall–Kier alpha value is -1.35. The monoisotopic (exact) mass is 218 g/mol. The summed E-state index contributed by atoms with van der Waals surface area (Å²) in [5, 5.41) is 3.09. The minimum absolute atomic E-state index is 0.175. The quantitative estimate of drug-likeness (QED) is 0.836. The van der Waals surface area contributed by atoms with Crippen LogP contribution in [0, 0.1) is 0 Å². The number of carbonyl (C=O) groups is 1. The second-order valence-corrected chi connectivity index (χ2v) is 4.23. The topological polar surface area (TPSA) is 32.3 Å². The van der Waals surface area contributed by atoms with Crippen LogP contribution in [0.2, 0.25) is 0 Å². The molecule has 1 aliphatic heterocycles. The molecule has 2 rings (SSSR count). The molecule has 86 valence electrons. The van der Waals surface area contributed by atoms with E-state index >= 15 is 0 Å². The molecule has 1 aromatic rings. The van der Waals surface area contributed by atoms with E-state index in [0.29, 0.717) is 0 Å². The van der Waals surface area contributed by atoms with Crippen molar-refractivity contribution in [2.45, 2.75) is 19.4 Å². The maximum atomic E-state index is 12.0. The normalized spacial score (nSPS) is 15.4. The Labute approximate surface area is 96.5 Å². The minimum Gasteiger partial charge on any atom is -0.339 e. The molecular weight excluding hydrogens is 200 g/mol. The van der Waals surface area contributed by atoms with Crippen molar-refractivity contribution in [3.63, 3.8) is 0 Å². The van der Waals surface area contributed by atoms with Crippen LogP contribution >= 0.6 is 0 Å². The summed E-state index contributed by atoms with van der Waals surface area (Å²) in [6.45, 7) is 2.67. The Balaban J connectivity index is 2.05. The summed E-state index contributed by atoms with van der Waals surface area (Å²) < 4.78 is 0. The zero-order valence-electron chi connectivity index (χ0n) is 9.70. The molecule has 3 heteroatoms. The van der Waals surface area contributed by atoms with Crippen LogP contribution in [0.15, 0.2) is 24.3 Å².